The van der Waals surface area contributed by atoms with E-state index in [1.807, 2.05) is 11.3 Å². The highest BCUT2D eigenvalue weighted by atomic mass is 32.1. The van der Waals surface area contributed by atoms with E-state index >= 15 is 0 Å². The molecular formula is C54H39NO2S. The molecule has 278 valence electrons. The second kappa shape index (κ2) is 14.6. The van der Waals surface area contributed by atoms with Gasteiger partial charge in [0, 0.05) is 59.9 Å². The lowest BCUT2D eigenvalue weighted by atomic mass is 9.85. The first-order chi connectivity index (χ1) is 28.7. The summed E-state index contributed by atoms with van der Waals surface area (Å²) in [5, 5.41) is 2.58. The molecule has 2 aliphatic carbocycles. The number of hydrogen-bond acceptors (Lipinski definition) is 4. The fourth-order valence-corrected chi connectivity index (χ4v) is 9.74. The van der Waals surface area contributed by atoms with Crippen LogP contribution in [-0.2, 0) is 0 Å². The van der Waals surface area contributed by atoms with Crippen LogP contribution in [0.2, 0.25) is 0 Å². The van der Waals surface area contributed by atoms with E-state index in [0.717, 1.165) is 75.0 Å². The highest BCUT2D eigenvalue weighted by Crippen LogP contribution is 2.47. The predicted molar refractivity (Wildman–Crippen MR) is 243 cm³/mol. The zero-order valence-electron chi connectivity index (χ0n) is 31.8. The van der Waals surface area contributed by atoms with Gasteiger partial charge in [-0.1, -0.05) is 109 Å². The molecule has 2 atom stereocenters. The summed E-state index contributed by atoms with van der Waals surface area (Å²) in [6.45, 7) is 0. The molecule has 1 aromatic heterocycles. The van der Waals surface area contributed by atoms with Gasteiger partial charge in [0.25, 0.3) is 0 Å². The van der Waals surface area contributed by atoms with Crippen LogP contribution in [-0.4, -0.2) is 6.10 Å². The summed E-state index contributed by atoms with van der Waals surface area (Å²) in [7, 11) is 0. The first-order valence-electron chi connectivity index (χ1n) is 20.0. The van der Waals surface area contributed by atoms with Gasteiger partial charge in [-0.2, -0.15) is 0 Å². The Balaban J connectivity index is 1.02. The first kappa shape index (κ1) is 34.4. The monoisotopic (exact) mass is 765 g/mol. The van der Waals surface area contributed by atoms with E-state index in [-0.39, 0.29) is 12.0 Å². The molecule has 0 saturated carbocycles. The van der Waals surface area contributed by atoms with Gasteiger partial charge in [0.1, 0.15) is 23.4 Å². The Labute approximate surface area is 342 Å². The summed E-state index contributed by atoms with van der Waals surface area (Å²) in [5.41, 5.74) is 11.0. The van der Waals surface area contributed by atoms with Gasteiger partial charge < -0.3 is 14.4 Å². The number of hydrogen-bond donors (Lipinski definition) is 0. The molecule has 3 nitrogen and oxygen atoms in total. The quantitative estimate of drug-likeness (QED) is 0.174. The van der Waals surface area contributed by atoms with Crippen LogP contribution in [0.5, 0.6) is 11.5 Å². The average Bonchev–Trinajstić information content (AvgIpc) is 3.66. The molecule has 0 bridgehead atoms. The Kier molecular flexibility index (Phi) is 8.63. The lowest BCUT2D eigenvalue weighted by molar-refractivity contribution is 0.213. The maximum Gasteiger partial charge on any atom is 0.136 e. The van der Waals surface area contributed by atoms with Crippen LogP contribution >= 0.6 is 11.3 Å². The molecule has 8 aromatic rings. The topological polar surface area (TPSA) is 21.7 Å². The van der Waals surface area contributed by atoms with Crippen molar-refractivity contribution in [3.8, 4) is 44.9 Å². The summed E-state index contributed by atoms with van der Waals surface area (Å²) >= 11 is 1.85. The molecule has 0 saturated heterocycles. The Bertz CT molecular complexity index is 2920. The Hall–Kier alpha value is -6.88. The van der Waals surface area contributed by atoms with Gasteiger partial charge in [-0.05, 0) is 126 Å². The van der Waals surface area contributed by atoms with Crippen molar-refractivity contribution in [2.45, 2.75) is 18.9 Å². The fraction of sp³-hybridized carbons (Fsp3) is 0.0741. The number of anilines is 3. The average molecular weight is 766 g/mol. The molecule has 0 spiro atoms. The molecule has 0 amide bonds. The number of ether oxygens (including phenoxy) is 2. The van der Waals surface area contributed by atoms with Gasteiger partial charge in [-0.3, -0.25) is 0 Å². The lowest BCUT2D eigenvalue weighted by Crippen LogP contribution is -2.29. The van der Waals surface area contributed by atoms with Crippen LogP contribution in [0.1, 0.15) is 12.8 Å². The Morgan fingerprint density at radius 1 is 0.483 bits per heavy atom. The minimum absolute atomic E-state index is 0.0216. The molecule has 4 heteroatoms. The highest BCUT2D eigenvalue weighted by Gasteiger charge is 2.31. The van der Waals surface area contributed by atoms with Crippen LogP contribution < -0.4 is 14.4 Å². The van der Waals surface area contributed by atoms with Gasteiger partial charge in [0.2, 0.25) is 0 Å². The van der Waals surface area contributed by atoms with Crippen LogP contribution in [0.15, 0.2) is 212 Å². The standard InChI is InChI=1S/C54H39NO2S/c1-3-13-40(14-4-1)55(41-15-5-2-6-16-41)42-28-23-36(24-29-42)38-25-30-45-46-31-26-39(37-27-32-54-48(33-37)47-19-9-12-22-53(47)58-54)35-52(46)57-50-21-11-8-18-44(50)43-17-7-10-20-49(43)56-51(45)34-38/h1-7,9-10,12-35,43,49H,8,11H2. The van der Waals surface area contributed by atoms with E-state index < -0.39 is 0 Å². The van der Waals surface area contributed by atoms with Crippen molar-refractivity contribution in [2.24, 2.45) is 5.92 Å². The third-order valence-corrected chi connectivity index (χ3v) is 12.7. The summed E-state index contributed by atoms with van der Waals surface area (Å²) in [6, 6.07) is 58.7. The number of benzene rings is 7. The van der Waals surface area contributed by atoms with Crippen molar-refractivity contribution in [1.82, 2.24) is 0 Å². The van der Waals surface area contributed by atoms with Crippen LogP contribution in [0.25, 0.3) is 53.6 Å². The van der Waals surface area contributed by atoms with E-state index in [9.17, 15) is 0 Å². The van der Waals surface area contributed by atoms with Crippen molar-refractivity contribution < 1.29 is 9.47 Å². The number of fused-ring (bicyclic) bond motifs is 9. The van der Waals surface area contributed by atoms with Gasteiger partial charge in [-0.25, -0.2) is 0 Å². The molecule has 7 aromatic carbocycles. The molecule has 0 fully saturated rings. The van der Waals surface area contributed by atoms with E-state index in [2.05, 4.69) is 205 Å². The molecule has 1 aliphatic heterocycles. The van der Waals surface area contributed by atoms with Crippen molar-refractivity contribution in [2.75, 3.05) is 4.90 Å². The first-order valence-corrected chi connectivity index (χ1v) is 20.9. The molecule has 3 aliphatic rings. The normalized spacial score (nSPS) is 16.8. The van der Waals surface area contributed by atoms with Crippen LogP contribution in [0.4, 0.5) is 17.1 Å². The number of thiophene rings is 1. The minimum Gasteiger partial charge on any atom is -0.485 e. The summed E-state index contributed by atoms with van der Waals surface area (Å²) in [4.78, 5) is 2.29. The van der Waals surface area contributed by atoms with Gasteiger partial charge in [0.15, 0.2) is 0 Å². The Morgan fingerprint density at radius 3 is 1.86 bits per heavy atom. The smallest absolute Gasteiger partial charge is 0.136 e. The maximum atomic E-state index is 7.15. The molecule has 58 heavy (non-hydrogen) atoms. The lowest BCUT2D eigenvalue weighted by Gasteiger charge is -2.32. The van der Waals surface area contributed by atoms with Crippen molar-refractivity contribution in [1.29, 1.82) is 0 Å². The molecule has 0 radical (unpaired) electrons. The van der Waals surface area contributed by atoms with E-state index in [4.69, 9.17) is 9.47 Å². The minimum atomic E-state index is -0.184. The van der Waals surface area contributed by atoms with E-state index in [1.165, 1.54) is 31.3 Å². The van der Waals surface area contributed by atoms with Gasteiger partial charge in [-0.15, -0.1) is 11.3 Å². The maximum absolute atomic E-state index is 7.15. The Morgan fingerprint density at radius 2 is 1.07 bits per heavy atom. The largest absolute Gasteiger partial charge is 0.485 e. The molecular weight excluding hydrogens is 727 g/mol. The van der Waals surface area contributed by atoms with Crippen molar-refractivity contribution in [3.63, 3.8) is 0 Å². The van der Waals surface area contributed by atoms with Gasteiger partial charge in [0.05, 0.1) is 0 Å². The second-order valence-electron chi connectivity index (χ2n) is 15.1. The molecule has 0 N–H and O–H groups in total. The second-order valence-corrected chi connectivity index (χ2v) is 16.2. The summed E-state index contributed by atoms with van der Waals surface area (Å²) in [6.07, 6.45) is 15.0. The third kappa shape index (κ3) is 6.23. The number of allylic oxidation sites excluding steroid dienone is 5. The number of nitrogens with zero attached hydrogens (tertiary/aromatic N) is 1. The number of para-hydroxylation sites is 2. The van der Waals surface area contributed by atoms with Gasteiger partial charge >= 0.3 is 0 Å². The fourth-order valence-electron chi connectivity index (χ4n) is 8.66. The molecule has 11 rings (SSSR count). The van der Waals surface area contributed by atoms with E-state index in [1.54, 1.807) is 0 Å². The molecule has 2 unspecified atom stereocenters. The van der Waals surface area contributed by atoms with Crippen molar-refractivity contribution in [3.05, 3.63) is 212 Å². The number of rotatable bonds is 5. The van der Waals surface area contributed by atoms with E-state index in [0.29, 0.717) is 0 Å². The van der Waals surface area contributed by atoms with Crippen LogP contribution in [0.3, 0.4) is 0 Å². The summed E-state index contributed by atoms with van der Waals surface area (Å²) in [5.74, 6) is 2.60. The zero-order valence-corrected chi connectivity index (χ0v) is 32.6. The highest BCUT2D eigenvalue weighted by molar-refractivity contribution is 7.25. The van der Waals surface area contributed by atoms with Crippen molar-refractivity contribution >= 4 is 48.6 Å². The SMILES string of the molecule is C1=CC2Oc3cc(-c4ccc(N(c5ccccc5)c5ccccc5)cc4)ccc3-c3ccc(-c4ccc5sc6ccccc6c5c4)cc3OC3=CCCC=C3C2C=C1. The zero-order chi connectivity index (χ0) is 38.4. The van der Waals surface area contributed by atoms with Crippen LogP contribution in [0, 0.1) is 5.92 Å². The summed E-state index contributed by atoms with van der Waals surface area (Å²) < 4.78 is 16.8. The third-order valence-electron chi connectivity index (χ3n) is 11.5. The molecule has 2 heterocycles. The predicted octanol–water partition coefficient (Wildman–Crippen LogP) is 15.0.